The van der Waals surface area contributed by atoms with E-state index in [0.717, 1.165) is 5.52 Å². The van der Waals surface area contributed by atoms with Gasteiger partial charge in [0, 0.05) is 11.6 Å². The Morgan fingerprint density at radius 1 is 0.909 bits per heavy atom. The summed E-state index contributed by atoms with van der Waals surface area (Å²) in [5.74, 6) is 0. The van der Waals surface area contributed by atoms with E-state index in [-0.39, 0.29) is 51.4 Å². The van der Waals surface area contributed by atoms with Crippen molar-refractivity contribution in [1.29, 1.82) is 0 Å². The number of rotatable bonds is 0. The second-order valence-corrected chi connectivity index (χ2v) is 2.20. The Kier molecular flexibility index (Phi) is 3.68. The third kappa shape index (κ3) is 2.10. The molecule has 1 aromatic heterocycles. The average Bonchev–Trinajstić information content (AvgIpc) is 2.05. The van der Waals surface area contributed by atoms with Gasteiger partial charge in [-0.1, -0.05) is 24.3 Å². The minimum absolute atomic E-state index is 0. The molecule has 0 aliphatic carbocycles. The van der Waals surface area contributed by atoms with E-state index in [2.05, 4.69) is 17.1 Å². The van der Waals surface area contributed by atoms with Crippen molar-refractivity contribution in [1.82, 2.24) is 4.98 Å². The minimum Gasteiger partial charge on any atom is -0.256 e. The maximum Gasteiger partial charge on any atom is 0.0701 e. The van der Waals surface area contributed by atoms with Crippen molar-refractivity contribution < 1.29 is 0 Å². The van der Waals surface area contributed by atoms with Gasteiger partial charge in [-0.2, -0.15) is 0 Å². The molecule has 2 aromatic rings. The molecule has 0 atom stereocenters. The number of para-hydroxylation sites is 1. The van der Waals surface area contributed by atoms with Gasteiger partial charge in [0.15, 0.2) is 0 Å². The second kappa shape index (κ2) is 4.33. The van der Waals surface area contributed by atoms with Gasteiger partial charge < -0.3 is 0 Å². The van der Waals surface area contributed by atoms with E-state index in [9.17, 15) is 0 Å². The van der Waals surface area contributed by atoms with Gasteiger partial charge in [0.25, 0.3) is 0 Å². The first-order valence-electron chi connectivity index (χ1n) is 3.26. The molecule has 1 nitrogen and oxygen atoms in total. The number of nitrogens with zero attached hydrogens (tertiary/aromatic N) is 1. The monoisotopic (exact) mass is 169 g/mol. The largest absolute Gasteiger partial charge is 0.256 e. The molecule has 0 aliphatic rings. The summed E-state index contributed by atoms with van der Waals surface area (Å²) in [4.78, 5) is 4.18. The van der Waals surface area contributed by atoms with E-state index in [1.165, 1.54) is 5.39 Å². The first kappa shape index (κ1) is 9.36. The van der Waals surface area contributed by atoms with Crippen molar-refractivity contribution in [2.24, 2.45) is 0 Å². The van der Waals surface area contributed by atoms with Crippen LogP contribution >= 0.6 is 0 Å². The third-order valence-corrected chi connectivity index (χ3v) is 1.51. The van der Waals surface area contributed by atoms with Crippen LogP contribution in [0.1, 0.15) is 0 Å². The number of hydrogen-bond donors (Lipinski definition) is 0. The van der Waals surface area contributed by atoms with Gasteiger partial charge >= 0.3 is 51.4 Å². The fourth-order valence-electron chi connectivity index (χ4n) is 1.02. The maximum atomic E-state index is 4.18. The van der Waals surface area contributed by atoms with Crippen molar-refractivity contribution in [2.45, 2.75) is 0 Å². The fourth-order valence-corrected chi connectivity index (χ4v) is 1.02. The molecule has 0 saturated heterocycles. The topological polar surface area (TPSA) is 12.9 Å². The van der Waals surface area contributed by atoms with Crippen LogP contribution in [0.5, 0.6) is 0 Å². The zero-order valence-electron chi connectivity index (χ0n) is 5.49. The van der Waals surface area contributed by atoms with Gasteiger partial charge in [-0.3, -0.25) is 4.98 Å². The molecule has 0 unspecified atom stereocenters. The van der Waals surface area contributed by atoms with Gasteiger partial charge in [-0.05, 0) is 12.1 Å². The summed E-state index contributed by atoms with van der Waals surface area (Å²) in [6.07, 6.45) is 1.81. The number of hydrogen-bond acceptors (Lipinski definition) is 1. The summed E-state index contributed by atoms with van der Waals surface area (Å²) in [5, 5.41) is 1.20. The Morgan fingerprint density at radius 3 is 2.45 bits per heavy atom. The van der Waals surface area contributed by atoms with Crippen LogP contribution in [-0.2, 0) is 0 Å². The van der Waals surface area contributed by atoms with E-state index in [1.54, 1.807) is 0 Å². The Balaban J connectivity index is 0.000000605. The molecule has 2 heteroatoms. The van der Waals surface area contributed by atoms with Gasteiger partial charge in [0.2, 0.25) is 0 Å². The average molecular weight is 169 g/mol. The molecule has 0 N–H and O–H groups in total. The number of benzene rings is 1. The summed E-state index contributed by atoms with van der Waals surface area (Å²) in [6, 6.07) is 12.1. The molecule has 1 aromatic carbocycles. The molecule has 11 heavy (non-hydrogen) atoms. The van der Waals surface area contributed by atoms with Gasteiger partial charge in [-0.25, -0.2) is 0 Å². The van der Waals surface area contributed by atoms with E-state index in [1.807, 2.05) is 30.5 Å². The molecule has 1 heterocycles. The first-order valence-corrected chi connectivity index (χ1v) is 3.26. The van der Waals surface area contributed by atoms with Crippen LogP contribution in [0.3, 0.4) is 0 Å². The molecular weight excluding hydrogens is 161 g/mol. The standard InChI is InChI=1S/C9H7N.K.H/c1-2-6-9-8(4-1)5-3-7-10-9;;/h1-7H;;. The fraction of sp³-hybridized carbons (Fsp3) is 0. The minimum atomic E-state index is 0. The third-order valence-electron chi connectivity index (χ3n) is 1.51. The second-order valence-electron chi connectivity index (χ2n) is 2.20. The van der Waals surface area contributed by atoms with Crippen LogP contribution < -0.4 is 0 Å². The zero-order chi connectivity index (χ0) is 6.81. The molecule has 0 radical (unpaired) electrons. The van der Waals surface area contributed by atoms with Crippen LogP contribution in [0, 0.1) is 0 Å². The van der Waals surface area contributed by atoms with Crippen molar-refractivity contribution >= 4 is 62.3 Å². The van der Waals surface area contributed by atoms with Crippen LogP contribution in [0.15, 0.2) is 42.6 Å². The van der Waals surface area contributed by atoms with Crippen LogP contribution in [0.4, 0.5) is 0 Å². The number of aromatic nitrogens is 1. The SMILES string of the molecule is [KH].c1ccc2ncccc2c1. The van der Waals surface area contributed by atoms with Crippen LogP contribution in [0.2, 0.25) is 0 Å². The maximum absolute atomic E-state index is 4.18. The zero-order valence-corrected chi connectivity index (χ0v) is 5.49. The van der Waals surface area contributed by atoms with Gasteiger partial charge in [0.05, 0.1) is 5.52 Å². The Morgan fingerprint density at radius 2 is 1.64 bits per heavy atom. The normalized spacial score (nSPS) is 9.09. The molecule has 0 aliphatic heterocycles. The van der Waals surface area contributed by atoms with Crippen molar-refractivity contribution in [3.63, 3.8) is 0 Å². The van der Waals surface area contributed by atoms with E-state index >= 15 is 0 Å². The Labute approximate surface area is 108 Å². The summed E-state index contributed by atoms with van der Waals surface area (Å²) in [6.45, 7) is 0. The predicted molar refractivity (Wildman–Crippen MR) is 48.9 cm³/mol. The summed E-state index contributed by atoms with van der Waals surface area (Å²) in [5.41, 5.74) is 1.06. The molecule has 0 saturated carbocycles. The number of fused-ring (bicyclic) bond motifs is 1. The molecule has 2 rings (SSSR count). The van der Waals surface area contributed by atoms with E-state index in [4.69, 9.17) is 0 Å². The molecule has 0 spiro atoms. The quantitative estimate of drug-likeness (QED) is 0.546. The predicted octanol–water partition coefficient (Wildman–Crippen LogP) is 1.59. The molecule has 0 fully saturated rings. The molecule has 0 amide bonds. The van der Waals surface area contributed by atoms with Gasteiger partial charge in [0.1, 0.15) is 0 Å². The Bertz CT molecular complexity index is 281. The summed E-state index contributed by atoms with van der Waals surface area (Å²) >= 11 is 0. The summed E-state index contributed by atoms with van der Waals surface area (Å²) in [7, 11) is 0. The van der Waals surface area contributed by atoms with Crippen molar-refractivity contribution in [3.05, 3.63) is 42.6 Å². The molecule has 0 bridgehead atoms. The smallest absolute Gasteiger partial charge is 0.0701 e. The Hall–Kier alpha value is 0.266. The van der Waals surface area contributed by atoms with Crippen LogP contribution in [0.25, 0.3) is 10.9 Å². The van der Waals surface area contributed by atoms with Crippen molar-refractivity contribution in [2.75, 3.05) is 0 Å². The van der Waals surface area contributed by atoms with Gasteiger partial charge in [-0.15, -0.1) is 0 Å². The van der Waals surface area contributed by atoms with Crippen LogP contribution in [-0.4, -0.2) is 56.4 Å². The van der Waals surface area contributed by atoms with Crippen molar-refractivity contribution in [3.8, 4) is 0 Å². The first-order chi connectivity index (χ1) is 4.97. The van der Waals surface area contributed by atoms with E-state index < -0.39 is 0 Å². The van der Waals surface area contributed by atoms with E-state index in [0.29, 0.717) is 0 Å². The number of pyridine rings is 1. The summed E-state index contributed by atoms with van der Waals surface area (Å²) < 4.78 is 0. The molecule has 50 valence electrons. The molecular formula is C9H8KN.